The topological polar surface area (TPSA) is 129 Å². The number of rotatable bonds is 4. The van der Waals surface area contributed by atoms with Crippen LogP contribution in [0.5, 0.6) is 11.6 Å². The minimum atomic E-state index is -0.554. The molecule has 1 heterocycles. The highest BCUT2D eigenvalue weighted by Gasteiger charge is 2.22. The molecule has 0 spiro atoms. The van der Waals surface area contributed by atoms with E-state index in [1.165, 1.54) is 22.9 Å². The van der Waals surface area contributed by atoms with Gasteiger partial charge in [0.2, 0.25) is 11.6 Å². The number of amidine groups is 1. The summed E-state index contributed by atoms with van der Waals surface area (Å²) in [6, 6.07) is 5.91. The minimum absolute atomic E-state index is 0.0393. The predicted molar refractivity (Wildman–Crippen MR) is 73.6 cm³/mol. The van der Waals surface area contributed by atoms with Crippen molar-refractivity contribution in [3.8, 4) is 11.6 Å². The van der Waals surface area contributed by atoms with Gasteiger partial charge in [0, 0.05) is 13.1 Å². The van der Waals surface area contributed by atoms with Gasteiger partial charge in [0.1, 0.15) is 5.56 Å². The molecule has 0 aliphatic carbocycles. The van der Waals surface area contributed by atoms with E-state index in [0.29, 0.717) is 5.69 Å². The van der Waals surface area contributed by atoms with Crippen LogP contribution in [0.1, 0.15) is 11.3 Å². The summed E-state index contributed by atoms with van der Waals surface area (Å²) in [6.07, 6.45) is 0. The maximum atomic E-state index is 11.0. The number of benzene rings is 1. The van der Waals surface area contributed by atoms with Crippen molar-refractivity contribution < 1.29 is 14.9 Å². The highest BCUT2D eigenvalue weighted by atomic mass is 16.6. The highest BCUT2D eigenvalue weighted by molar-refractivity contribution is 6.00. The summed E-state index contributed by atoms with van der Waals surface area (Å²) in [5, 5.41) is 26.8. The van der Waals surface area contributed by atoms with Crippen LogP contribution < -0.4 is 10.5 Å². The third kappa shape index (κ3) is 2.61. The van der Waals surface area contributed by atoms with Crippen molar-refractivity contribution in [1.82, 2.24) is 9.78 Å². The fourth-order valence-corrected chi connectivity index (χ4v) is 1.90. The van der Waals surface area contributed by atoms with Gasteiger partial charge in [-0.1, -0.05) is 17.3 Å². The van der Waals surface area contributed by atoms with Crippen LogP contribution in [-0.4, -0.2) is 25.7 Å². The van der Waals surface area contributed by atoms with Crippen molar-refractivity contribution in [2.75, 3.05) is 0 Å². The number of hydrogen-bond donors (Lipinski definition) is 2. The number of oxime groups is 1. The van der Waals surface area contributed by atoms with Crippen molar-refractivity contribution in [1.29, 1.82) is 0 Å². The molecule has 110 valence electrons. The standard InChI is InChI=1S/C12H13N5O4/c1-7-10(11(13)15-18)12(16(2)14-7)21-9-6-4-3-5-8(9)17(19)20/h3-6,18H,1-2H3,(H2,13,15). The lowest BCUT2D eigenvalue weighted by Gasteiger charge is -2.08. The van der Waals surface area contributed by atoms with E-state index >= 15 is 0 Å². The zero-order valence-electron chi connectivity index (χ0n) is 11.3. The van der Waals surface area contributed by atoms with E-state index in [-0.39, 0.29) is 28.7 Å². The van der Waals surface area contributed by atoms with Crippen molar-refractivity contribution in [3.63, 3.8) is 0 Å². The lowest BCUT2D eigenvalue weighted by atomic mass is 10.2. The smallest absolute Gasteiger partial charge is 0.311 e. The van der Waals surface area contributed by atoms with Crippen LogP contribution in [0.2, 0.25) is 0 Å². The SMILES string of the molecule is Cc1nn(C)c(Oc2ccccc2[N+](=O)[O-])c1C(N)=NO. The molecule has 0 fully saturated rings. The molecule has 0 bridgehead atoms. The summed E-state index contributed by atoms with van der Waals surface area (Å²) in [7, 11) is 1.59. The molecule has 0 aliphatic heterocycles. The van der Waals surface area contributed by atoms with Gasteiger partial charge in [-0.2, -0.15) is 5.10 Å². The monoisotopic (exact) mass is 291 g/mol. The first-order valence-electron chi connectivity index (χ1n) is 5.88. The number of nitro benzene ring substituents is 1. The average Bonchev–Trinajstić information content (AvgIpc) is 2.73. The molecule has 2 aromatic rings. The van der Waals surface area contributed by atoms with Crippen LogP contribution in [-0.2, 0) is 7.05 Å². The Kier molecular flexibility index (Phi) is 3.74. The van der Waals surface area contributed by atoms with E-state index in [4.69, 9.17) is 15.7 Å². The van der Waals surface area contributed by atoms with Gasteiger partial charge in [0.15, 0.2) is 5.84 Å². The van der Waals surface area contributed by atoms with Crippen LogP contribution in [0.25, 0.3) is 0 Å². The van der Waals surface area contributed by atoms with Gasteiger partial charge in [-0.05, 0) is 13.0 Å². The van der Waals surface area contributed by atoms with Gasteiger partial charge in [-0.25, -0.2) is 4.68 Å². The average molecular weight is 291 g/mol. The van der Waals surface area contributed by atoms with E-state index in [9.17, 15) is 10.1 Å². The van der Waals surface area contributed by atoms with Crippen molar-refractivity contribution in [3.05, 3.63) is 45.6 Å². The zero-order chi connectivity index (χ0) is 15.6. The van der Waals surface area contributed by atoms with Crippen molar-refractivity contribution in [2.45, 2.75) is 6.92 Å². The fourth-order valence-electron chi connectivity index (χ4n) is 1.90. The quantitative estimate of drug-likeness (QED) is 0.289. The number of aromatic nitrogens is 2. The Balaban J connectivity index is 2.53. The van der Waals surface area contributed by atoms with Gasteiger partial charge < -0.3 is 15.7 Å². The normalized spacial score (nSPS) is 11.4. The molecule has 9 heteroatoms. The summed E-state index contributed by atoms with van der Waals surface area (Å²) >= 11 is 0. The van der Waals surface area contributed by atoms with Crippen LogP contribution >= 0.6 is 0 Å². The lowest BCUT2D eigenvalue weighted by Crippen LogP contribution is -2.15. The Bertz CT molecular complexity index is 722. The van der Waals surface area contributed by atoms with Gasteiger partial charge in [0.25, 0.3) is 0 Å². The van der Waals surface area contributed by atoms with E-state index in [2.05, 4.69) is 10.3 Å². The van der Waals surface area contributed by atoms with E-state index in [1.807, 2.05) is 0 Å². The molecule has 9 nitrogen and oxygen atoms in total. The minimum Gasteiger partial charge on any atom is -0.431 e. The molecular weight excluding hydrogens is 278 g/mol. The van der Waals surface area contributed by atoms with E-state index in [0.717, 1.165) is 0 Å². The van der Waals surface area contributed by atoms with Gasteiger partial charge in [-0.3, -0.25) is 10.1 Å². The molecule has 1 aromatic carbocycles. The van der Waals surface area contributed by atoms with E-state index in [1.54, 1.807) is 20.0 Å². The Morgan fingerprint density at radius 3 is 2.81 bits per heavy atom. The molecule has 0 atom stereocenters. The van der Waals surface area contributed by atoms with E-state index < -0.39 is 4.92 Å². The molecule has 0 aliphatic rings. The first-order chi connectivity index (χ1) is 9.95. The summed E-state index contributed by atoms with van der Waals surface area (Å²) in [5.41, 5.74) is 6.15. The number of nitro groups is 1. The molecule has 2 rings (SSSR count). The molecule has 0 amide bonds. The Hall–Kier alpha value is -3.10. The molecule has 0 saturated heterocycles. The van der Waals surface area contributed by atoms with Crippen LogP contribution in [0.4, 0.5) is 5.69 Å². The zero-order valence-corrected chi connectivity index (χ0v) is 11.3. The largest absolute Gasteiger partial charge is 0.431 e. The summed E-state index contributed by atoms with van der Waals surface area (Å²) in [6.45, 7) is 1.65. The third-order valence-electron chi connectivity index (χ3n) is 2.80. The van der Waals surface area contributed by atoms with Crippen LogP contribution in [0, 0.1) is 17.0 Å². The van der Waals surface area contributed by atoms with Gasteiger partial charge in [0.05, 0.1) is 10.6 Å². The van der Waals surface area contributed by atoms with Gasteiger partial charge in [-0.15, -0.1) is 0 Å². The third-order valence-corrected chi connectivity index (χ3v) is 2.80. The lowest BCUT2D eigenvalue weighted by molar-refractivity contribution is -0.385. The van der Waals surface area contributed by atoms with Crippen molar-refractivity contribution in [2.24, 2.45) is 17.9 Å². The first-order valence-corrected chi connectivity index (χ1v) is 5.88. The maximum Gasteiger partial charge on any atom is 0.311 e. The Morgan fingerprint density at radius 1 is 1.52 bits per heavy atom. The second-order valence-corrected chi connectivity index (χ2v) is 4.20. The molecule has 21 heavy (non-hydrogen) atoms. The number of para-hydroxylation sites is 2. The predicted octanol–water partition coefficient (Wildman–Crippen LogP) is 1.52. The fraction of sp³-hybridized carbons (Fsp3) is 0.167. The number of nitrogens with zero attached hydrogens (tertiary/aromatic N) is 4. The van der Waals surface area contributed by atoms with Gasteiger partial charge >= 0.3 is 5.69 Å². The summed E-state index contributed by atoms with van der Waals surface area (Å²) in [4.78, 5) is 10.4. The molecular formula is C12H13N5O4. The van der Waals surface area contributed by atoms with Crippen molar-refractivity contribution >= 4 is 11.5 Å². The molecule has 1 aromatic heterocycles. The molecule has 0 saturated carbocycles. The number of nitrogens with two attached hydrogens (primary N) is 1. The summed E-state index contributed by atoms with van der Waals surface area (Å²) in [5.74, 6) is 0.00349. The first kappa shape index (κ1) is 14.3. The number of aryl methyl sites for hydroxylation is 2. The van der Waals surface area contributed by atoms with Crippen LogP contribution in [0.3, 0.4) is 0 Å². The molecule has 0 unspecified atom stereocenters. The molecule has 0 radical (unpaired) electrons. The molecule has 3 N–H and O–H groups in total. The summed E-state index contributed by atoms with van der Waals surface area (Å²) < 4.78 is 6.92. The highest BCUT2D eigenvalue weighted by Crippen LogP contribution is 2.33. The maximum absolute atomic E-state index is 11.0. The van der Waals surface area contributed by atoms with Crippen LogP contribution in [0.15, 0.2) is 29.4 Å². The number of hydrogen-bond acceptors (Lipinski definition) is 6. The second kappa shape index (κ2) is 5.49. The Morgan fingerprint density at radius 2 is 2.19 bits per heavy atom. The number of ether oxygens (including phenoxy) is 1. The Labute approximate surface area is 119 Å². The second-order valence-electron chi connectivity index (χ2n) is 4.20.